The monoisotopic (exact) mass is 721 g/mol. The predicted molar refractivity (Wildman–Crippen MR) is 203 cm³/mol. The molecule has 278 valence electrons. The van der Waals surface area contributed by atoms with E-state index in [1.54, 1.807) is 24.3 Å². The Morgan fingerprint density at radius 3 is 2.38 bits per heavy atom. The number of esters is 1. The maximum atomic E-state index is 12.6. The van der Waals surface area contributed by atoms with Crippen molar-refractivity contribution in [3.63, 3.8) is 0 Å². The molecule has 0 fully saturated rings. The summed E-state index contributed by atoms with van der Waals surface area (Å²) in [6, 6.07) is 30.3. The molecule has 5 N–H and O–H groups in total. The van der Waals surface area contributed by atoms with E-state index in [0.29, 0.717) is 60.4 Å². The third-order valence-electron chi connectivity index (χ3n) is 8.57. The van der Waals surface area contributed by atoms with Crippen molar-refractivity contribution in [1.29, 1.82) is 0 Å². The fourth-order valence-electron chi connectivity index (χ4n) is 5.78. The summed E-state index contributed by atoms with van der Waals surface area (Å²) in [5.74, 6) is 0.467. The van der Waals surface area contributed by atoms with E-state index in [0.717, 1.165) is 23.1 Å². The van der Waals surface area contributed by atoms with Crippen LogP contribution in [0.3, 0.4) is 0 Å². The van der Waals surface area contributed by atoms with Crippen LogP contribution in [0, 0.1) is 5.92 Å². The van der Waals surface area contributed by atoms with Crippen LogP contribution >= 0.6 is 0 Å². The SMILES string of the molecule is CC(C)COC(=O)NC(c1ccccc1)c1cccc(OCCc2ccc(C(=O)OCCCCNCC(O)c3ccc(O)c4[nH]c(=O)ccc34)cc2)c1. The summed E-state index contributed by atoms with van der Waals surface area (Å²) < 4.78 is 16.9. The van der Waals surface area contributed by atoms with Gasteiger partial charge in [0.2, 0.25) is 5.56 Å². The van der Waals surface area contributed by atoms with Crippen LogP contribution in [0.25, 0.3) is 10.9 Å². The largest absolute Gasteiger partial charge is 0.506 e. The zero-order valence-electron chi connectivity index (χ0n) is 30.0. The smallest absolute Gasteiger partial charge is 0.407 e. The number of amides is 1. The molecule has 1 amide bonds. The Bertz CT molecular complexity index is 2000. The number of carbonyl (C=O) groups excluding carboxylic acids is 2. The number of H-pyrrole nitrogens is 1. The number of aromatic nitrogens is 1. The van der Waals surface area contributed by atoms with Gasteiger partial charge < -0.3 is 40.0 Å². The highest BCUT2D eigenvalue weighted by Gasteiger charge is 2.19. The second kappa shape index (κ2) is 19.3. The van der Waals surface area contributed by atoms with Gasteiger partial charge in [0.1, 0.15) is 11.5 Å². The van der Waals surface area contributed by atoms with Gasteiger partial charge in [0, 0.05) is 24.4 Å². The molecule has 0 saturated carbocycles. The number of aromatic hydroxyl groups is 1. The van der Waals surface area contributed by atoms with Crippen molar-refractivity contribution in [2.45, 2.75) is 45.3 Å². The second-order valence-corrected chi connectivity index (χ2v) is 13.2. The molecule has 53 heavy (non-hydrogen) atoms. The van der Waals surface area contributed by atoms with Crippen LogP contribution in [-0.4, -0.2) is 60.2 Å². The summed E-state index contributed by atoms with van der Waals surface area (Å²) in [6.07, 6.45) is 0.705. The van der Waals surface area contributed by atoms with Gasteiger partial charge in [0.25, 0.3) is 0 Å². The molecule has 0 saturated heterocycles. The number of aromatic amines is 1. The van der Waals surface area contributed by atoms with Gasteiger partial charge >= 0.3 is 12.1 Å². The fourth-order valence-corrected chi connectivity index (χ4v) is 5.78. The topological polar surface area (TPSA) is 159 Å². The summed E-state index contributed by atoms with van der Waals surface area (Å²) in [4.78, 5) is 39.4. The zero-order valence-corrected chi connectivity index (χ0v) is 30.0. The third-order valence-corrected chi connectivity index (χ3v) is 8.57. The maximum absolute atomic E-state index is 12.6. The average Bonchev–Trinajstić information content (AvgIpc) is 3.16. The van der Waals surface area contributed by atoms with Crippen LogP contribution in [0.4, 0.5) is 4.79 Å². The van der Waals surface area contributed by atoms with E-state index < -0.39 is 18.2 Å². The molecule has 11 nitrogen and oxygen atoms in total. The van der Waals surface area contributed by atoms with E-state index in [1.807, 2.05) is 80.6 Å². The number of pyridine rings is 1. The lowest BCUT2D eigenvalue weighted by Crippen LogP contribution is -2.30. The van der Waals surface area contributed by atoms with Gasteiger partial charge in [0.15, 0.2) is 0 Å². The van der Waals surface area contributed by atoms with Crippen molar-refractivity contribution in [3.05, 3.63) is 141 Å². The van der Waals surface area contributed by atoms with Crippen LogP contribution in [0.2, 0.25) is 0 Å². The third kappa shape index (κ3) is 11.4. The van der Waals surface area contributed by atoms with Gasteiger partial charge in [-0.25, -0.2) is 9.59 Å². The predicted octanol–water partition coefficient (Wildman–Crippen LogP) is 6.59. The molecular weight excluding hydrogens is 674 g/mol. The minimum absolute atomic E-state index is 0.0536. The molecule has 4 aromatic carbocycles. The molecule has 5 rings (SSSR count). The van der Waals surface area contributed by atoms with Crippen LogP contribution in [0.1, 0.15) is 71.4 Å². The molecule has 0 aliphatic carbocycles. The number of carbonyl (C=O) groups is 2. The van der Waals surface area contributed by atoms with Crippen LogP contribution in [0.5, 0.6) is 11.5 Å². The Morgan fingerprint density at radius 2 is 1.60 bits per heavy atom. The number of hydrogen-bond acceptors (Lipinski definition) is 9. The number of phenols is 1. The Morgan fingerprint density at radius 1 is 0.830 bits per heavy atom. The normalized spacial score (nSPS) is 12.3. The fraction of sp³-hybridized carbons (Fsp3) is 0.310. The van der Waals surface area contributed by atoms with E-state index in [1.165, 1.54) is 12.1 Å². The lowest BCUT2D eigenvalue weighted by atomic mass is 9.98. The zero-order chi connectivity index (χ0) is 37.6. The van der Waals surface area contributed by atoms with Crippen LogP contribution in [-0.2, 0) is 15.9 Å². The number of aliphatic hydroxyl groups excluding tert-OH is 1. The highest BCUT2D eigenvalue weighted by atomic mass is 16.5. The number of aliphatic hydroxyl groups is 1. The lowest BCUT2D eigenvalue weighted by Gasteiger charge is -2.21. The number of unbranched alkanes of at least 4 members (excludes halogenated alkanes) is 1. The molecule has 5 aromatic rings. The lowest BCUT2D eigenvalue weighted by molar-refractivity contribution is 0.0498. The summed E-state index contributed by atoms with van der Waals surface area (Å²) in [5.41, 5.74) is 3.84. The van der Waals surface area contributed by atoms with E-state index >= 15 is 0 Å². The first-order valence-electron chi connectivity index (χ1n) is 17.9. The number of phenolic OH excluding ortho intramolecular Hbond substituents is 1. The minimum Gasteiger partial charge on any atom is -0.506 e. The number of fused-ring (bicyclic) bond motifs is 1. The quantitative estimate of drug-likeness (QED) is 0.0497. The number of benzene rings is 4. The van der Waals surface area contributed by atoms with Crippen molar-refractivity contribution in [3.8, 4) is 11.5 Å². The number of alkyl carbamates (subject to hydrolysis) is 1. The first-order chi connectivity index (χ1) is 25.7. The number of nitrogens with one attached hydrogen (secondary N) is 3. The van der Waals surface area contributed by atoms with Gasteiger partial charge in [-0.05, 0) is 84.0 Å². The number of rotatable bonds is 18. The molecular formula is C42H47N3O8. The minimum atomic E-state index is -0.837. The highest BCUT2D eigenvalue weighted by molar-refractivity contribution is 5.89. The molecule has 11 heteroatoms. The van der Waals surface area contributed by atoms with E-state index in [-0.39, 0.29) is 36.3 Å². The Labute approximate surface area is 308 Å². The van der Waals surface area contributed by atoms with Gasteiger partial charge in [0.05, 0.1) is 43.0 Å². The Kier molecular flexibility index (Phi) is 14.0. The highest BCUT2D eigenvalue weighted by Crippen LogP contribution is 2.29. The van der Waals surface area contributed by atoms with Crippen molar-refractivity contribution in [2.75, 3.05) is 32.9 Å². The van der Waals surface area contributed by atoms with Gasteiger partial charge in [-0.1, -0.05) is 74.5 Å². The first kappa shape index (κ1) is 38.6. The van der Waals surface area contributed by atoms with Crippen molar-refractivity contribution in [1.82, 2.24) is 15.6 Å². The summed E-state index contributed by atoms with van der Waals surface area (Å²) in [5, 5.41) is 27.5. The average molecular weight is 722 g/mol. The summed E-state index contributed by atoms with van der Waals surface area (Å²) in [7, 11) is 0. The molecule has 0 aliphatic heterocycles. The second-order valence-electron chi connectivity index (χ2n) is 13.2. The molecule has 2 atom stereocenters. The molecule has 0 radical (unpaired) electrons. The van der Waals surface area contributed by atoms with Crippen LogP contribution in [0.15, 0.2) is 108 Å². The van der Waals surface area contributed by atoms with E-state index in [9.17, 15) is 24.6 Å². The van der Waals surface area contributed by atoms with Gasteiger partial charge in [-0.2, -0.15) is 0 Å². The van der Waals surface area contributed by atoms with Crippen molar-refractivity contribution in [2.24, 2.45) is 5.92 Å². The van der Waals surface area contributed by atoms with E-state index in [2.05, 4.69) is 15.6 Å². The van der Waals surface area contributed by atoms with Crippen molar-refractivity contribution >= 4 is 23.0 Å². The van der Waals surface area contributed by atoms with Crippen LogP contribution < -0.4 is 20.9 Å². The van der Waals surface area contributed by atoms with E-state index in [4.69, 9.17) is 14.2 Å². The number of ether oxygens (including phenoxy) is 3. The summed E-state index contributed by atoms with van der Waals surface area (Å²) in [6.45, 7) is 5.90. The maximum Gasteiger partial charge on any atom is 0.407 e. The van der Waals surface area contributed by atoms with Gasteiger partial charge in [-0.15, -0.1) is 0 Å². The molecule has 0 aliphatic rings. The van der Waals surface area contributed by atoms with Gasteiger partial charge in [-0.3, -0.25) is 4.79 Å². The summed E-state index contributed by atoms with van der Waals surface area (Å²) >= 11 is 0. The van der Waals surface area contributed by atoms with Crippen molar-refractivity contribution < 1.29 is 34.0 Å². The molecule has 2 unspecified atom stereocenters. The Balaban J connectivity index is 1.02. The Hall–Kier alpha value is -5.65. The first-order valence-corrected chi connectivity index (χ1v) is 17.9. The molecule has 1 aromatic heterocycles. The molecule has 0 spiro atoms. The molecule has 1 heterocycles. The standard InChI is InChI=1S/C42H47N3O8/c1-28(2)27-53-42(50)45-39(30-9-4-3-5-10-30)32-11-8-12-33(25-32)51-24-21-29-13-15-31(16-14-29)41(49)52-23-7-6-22-43-26-37(47)34-17-19-36(46)40-35(34)18-20-38(48)44-40/h3-5,8-20,25,28,37,39,43,46-47H,6-7,21-24,26-27H2,1-2H3,(H,44,48)(H,45,50). The molecule has 0 bridgehead atoms. The number of hydrogen-bond donors (Lipinski definition) is 5.